The SMILES string of the molecule is COC(=O)C[C@H](O)C[C@H](O)CCc1c(-c2ccc(F)cc2)c(-c2ccccc2)c(C(=O)Nc2ccccc2)n1C(C)C. The fraction of sp³-hybridized carbons (Fsp3) is 0.294. The smallest absolute Gasteiger partial charge is 0.308 e. The number of carbonyl (C=O) groups is 2. The molecule has 220 valence electrons. The minimum atomic E-state index is -1.05. The number of aromatic nitrogens is 1. The molecule has 0 aliphatic heterocycles. The summed E-state index contributed by atoms with van der Waals surface area (Å²) in [5.74, 6) is -1.22. The number of carbonyl (C=O) groups excluding carboxylic acids is 2. The van der Waals surface area contributed by atoms with E-state index < -0.39 is 18.2 Å². The second kappa shape index (κ2) is 14.1. The van der Waals surface area contributed by atoms with Gasteiger partial charge in [-0.05, 0) is 68.5 Å². The lowest BCUT2D eigenvalue weighted by Crippen LogP contribution is -2.23. The van der Waals surface area contributed by atoms with Gasteiger partial charge in [0, 0.05) is 28.6 Å². The standard InChI is InChI=1S/C34H37FN2O5/c1-22(2)37-29(19-18-27(38)20-28(39)21-30(40)42-3)31(24-14-16-25(35)17-15-24)32(23-10-6-4-7-11-23)33(37)34(41)36-26-12-8-5-9-13-26/h4-17,22,27-28,38-39H,18-21H2,1-3H3,(H,36,41)/t27-,28-/m1/s1. The first-order valence-corrected chi connectivity index (χ1v) is 14.1. The molecule has 4 rings (SSSR count). The van der Waals surface area contributed by atoms with Gasteiger partial charge in [0.05, 0.1) is 25.7 Å². The molecule has 2 atom stereocenters. The number of rotatable bonds is 12. The minimum absolute atomic E-state index is 0.00371. The molecule has 8 heteroatoms. The van der Waals surface area contributed by atoms with Crippen LogP contribution in [0.4, 0.5) is 10.1 Å². The van der Waals surface area contributed by atoms with E-state index in [0.29, 0.717) is 23.4 Å². The van der Waals surface area contributed by atoms with Gasteiger partial charge >= 0.3 is 5.97 Å². The van der Waals surface area contributed by atoms with Crippen molar-refractivity contribution in [3.8, 4) is 22.3 Å². The number of hydrogen-bond acceptors (Lipinski definition) is 5. The second-order valence-corrected chi connectivity index (χ2v) is 10.6. The van der Waals surface area contributed by atoms with Crippen molar-refractivity contribution in [3.63, 3.8) is 0 Å². The summed E-state index contributed by atoms with van der Waals surface area (Å²) in [6.45, 7) is 3.98. The average Bonchev–Trinajstić information content (AvgIpc) is 3.33. The Kier molecular flexibility index (Phi) is 10.3. The van der Waals surface area contributed by atoms with Crippen LogP contribution in [0.25, 0.3) is 22.3 Å². The van der Waals surface area contributed by atoms with Gasteiger partial charge < -0.3 is 24.8 Å². The quantitative estimate of drug-likeness (QED) is 0.171. The molecule has 0 radical (unpaired) electrons. The van der Waals surface area contributed by atoms with Gasteiger partial charge in [-0.15, -0.1) is 0 Å². The number of aliphatic hydroxyl groups is 2. The van der Waals surface area contributed by atoms with Crippen LogP contribution < -0.4 is 5.32 Å². The highest BCUT2D eigenvalue weighted by molar-refractivity contribution is 6.11. The molecule has 42 heavy (non-hydrogen) atoms. The Hall–Kier alpha value is -4.27. The van der Waals surface area contributed by atoms with Crippen LogP contribution in [0.2, 0.25) is 0 Å². The zero-order valence-electron chi connectivity index (χ0n) is 24.1. The van der Waals surface area contributed by atoms with Crippen molar-refractivity contribution >= 4 is 17.6 Å². The molecule has 0 bridgehead atoms. The summed E-state index contributed by atoms with van der Waals surface area (Å²) in [5, 5.41) is 24.1. The largest absolute Gasteiger partial charge is 0.469 e. The van der Waals surface area contributed by atoms with Crippen LogP contribution >= 0.6 is 0 Å². The summed E-state index contributed by atoms with van der Waals surface area (Å²) in [5.41, 5.74) is 4.95. The van der Waals surface area contributed by atoms with Gasteiger partial charge in [0.1, 0.15) is 11.5 Å². The number of benzene rings is 3. The molecular weight excluding hydrogens is 535 g/mol. The first-order chi connectivity index (χ1) is 20.2. The number of methoxy groups -OCH3 is 1. The van der Waals surface area contributed by atoms with Gasteiger partial charge in [-0.3, -0.25) is 9.59 Å². The number of para-hydroxylation sites is 1. The van der Waals surface area contributed by atoms with E-state index in [0.717, 1.165) is 22.4 Å². The number of esters is 1. The van der Waals surface area contributed by atoms with Crippen molar-refractivity contribution in [1.82, 2.24) is 4.57 Å². The molecule has 0 saturated carbocycles. The van der Waals surface area contributed by atoms with Crippen molar-refractivity contribution in [3.05, 3.63) is 102 Å². The van der Waals surface area contributed by atoms with Gasteiger partial charge in [-0.2, -0.15) is 0 Å². The summed E-state index contributed by atoms with van der Waals surface area (Å²) in [4.78, 5) is 25.6. The van der Waals surface area contributed by atoms with Crippen LogP contribution in [0, 0.1) is 5.82 Å². The average molecular weight is 573 g/mol. The Balaban J connectivity index is 1.86. The van der Waals surface area contributed by atoms with Crippen LogP contribution in [0.3, 0.4) is 0 Å². The van der Waals surface area contributed by atoms with Crippen molar-refractivity contribution in [2.24, 2.45) is 0 Å². The molecule has 0 aliphatic rings. The van der Waals surface area contributed by atoms with E-state index in [2.05, 4.69) is 10.1 Å². The van der Waals surface area contributed by atoms with Gasteiger partial charge in [0.25, 0.3) is 5.91 Å². The van der Waals surface area contributed by atoms with E-state index in [4.69, 9.17) is 0 Å². The Morgan fingerprint density at radius 2 is 1.45 bits per heavy atom. The lowest BCUT2D eigenvalue weighted by Gasteiger charge is -2.20. The number of aliphatic hydroxyl groups excluding tert-OH is 2. The summed E-state index contributed by atoms with van der Waals surface area (Å²) >= 11 is 0. The maximum absolute atomic E-state index is 14.1. The topological polar surface area (TPSA) is 101 Å². The molecule has 3 N–H and O–H groups in total. The third-order valence-corrected chi connectivity index (χ3v) is 7.15. The Morgan fingerprint density at radius 3 is 2.05 bits per heavy atom. The molecule has 0 aliphatic carbocycles. The molecule has 3 aromatic carbocycles. The number of nitrogens with zero attached hydrogens (tertiary/aromatic N) is 1. The van der Waals surface area contributed by atoms with Crippen LogP contribution in [-0.4, -0.2) is 46.0 Å². The molecule has 0 unspecified atom stereocenters. The third kappa shape index (κ3) is 7.32. The lowest BCUT2D eigenvalue weighted by atomic mass is 9.92. The number of ether oxygens (including phenoxy) is 1. The van der Waals surface area contributed by atoms with Crippen LogP contribution in [0.1, 0.15) is 55.3 Å². The summed E-state index contributed by atoms with van der Waals surface area (Å²) in [6, 6.07) is 24.8. The van der Waals surface area contributed by atoms with Gasteiger partial charge in [-0.25, -0.2) is 4.39 Å². The monoisotopic (exact) mass is 572 g/mol. The van der Waals surface area contributed by atoms with E-state index in [1.807, 2.05) is 79.1 Å². The maximum Gasteiger partial charge on any atom is 0.308 e. The molecule has 4 aromatic rings. The zero-order valence-corrected chi connectivity index (χ0v) is 24.1. The molecular formula is C34H37FN2O5. The fourth-order valence-electron chi connectivity index (χ4n) is 5.30. The van der Waals surface area contributed by atoms with Crippen LogP contribution in [-0.2, 0) is 16.0 Å². The van der Waals surface area contributed by atoms with Gasteiger partial charge in [0.2, 0.25) is 0 Å². The third-order valence-electron chi connectivity index (χ3n) is 7.15. The number of amides is 1. The van der Waals surface area contributed by atoms with Crippen LogP contribution in [0.5, 0.6) is 0 Å². The fourth-order valence-corrected chi connectivity index (χ4v) is 5.30. The molecule has 7 nitrogen and oxygen atoms in total. The molecule has 0 fully saturated rings. The second-order valence-electron chi connectivity index (χ2n) is 10.6. The summed E-state index contributed by atoms with van der Waals surface area (Å²) < 4.78 is 20.6. The van der Waals surface area contributed by atoms with Gasteiger partial charge in [-0.1, -0.05) is 60.7 Å². The molecule has 0 saturated heterocycles. The highest BCUT2D eigenvalue weighted by atomic mass is 19.1. The number of anilines is 1. The molecule has 1 aromatic heterocycles. The zero-order chi connectivity index (χ0) is 30.2. The molecule has 0 spiro atoms. The highest BCUT2D eigenvalue weighted by Gasteiger charge is 2.30. The van der Waals surface area contributed by atoms with E-state index in [9.17, 15) is 24.2 Å². The normalized spacial score (nSPS) is 12.6. The van der Waals surface area contributed by atoms with Crippen molar-refractivity contribution in [1.29, 1.82) is 0 Å². The van der Waals surface area contributed by atoms with E-state index in [-0.39, 0.29) is 37.0 Å². The Morgan fingerprint density at radius 1 is 0.857 bits per heavy atom. The first kappa shape index (κ1) is 30.7. The Bertz CT molecular complexity index is 1480. The number of nitrogens with one attached hydrogen (secondary N) is 1. The van der Waals surface area contributed by atoms with E-state index in [1.54, 1.807) is 12.1 Å². The maximum atomic E-state index is 14.1. The summed E-state index contributed by atoms with van der Waals surface area (Å²) in [6.07, 6.45) is -1.56. The number of halogens is 1. The van der Waals surface area contributed by atoms with Crippen molar-refractivity contribution in [2.45, 2.75) is 57.8 Å². The predicted octanol–water partition coefficient (Wildman–Crippen LogP) is 6.40. The summed E-state index contributed by atoms with van der Waals surface area (Å²) in [7, 11) is 1.25. The molecule has 1 amide bonds. The predicted molar refractivity (Wildman–Crippen MR) is 162 cm³/mol. The van der Waals surface area contributed by atoms with Crippen molar-refractivity contribution in [2.75, 3.05) is 12.4 Å². The lowest BCUT2D eigenvalue weighted by molar-refractivity contribution is -0.143. The first-order valence-electron chi connectivity index (χ1n) is 14.1. The van der Waals surface area contributed by atoms with Crippen molar-refractivity contribution < 1.29 is 28.9 Å². The minimum Gasteiger partial charge on any atom is -0.469 e. The molecule has 1 heterocycles. The Labute approximate surface area is 245 Å². The van der Waals surface area contributed by atoms with Gasteiger partial charge in [0.15, 0.2) is 0 Å². The van der Waals surface area contributed by atoms with E-state index in [1.165, 1.54) is 19.2 Å². The van der Waals surface area contributed by atoms with E-state index >= 15 is 0 Å². The number of hydrogen-bond donors (Lipinski definition) is 3. The highest BCUT2D eigenvalue weighted by Crippen LogP contribution is 2.42. The van der Waals surface area contributed by atoms with Crippen LogP contribution in [0.15, 0.2) is 84.9 Å².